The summed E-state index contributed by atoms with van der Waals surface area (Å²) in [5, 5.41) is 21.1. The second-order valence-electron chi connectivity index (χ2n) is 6.40. The monoisotopic (exact) mass is 492 g/mol. The maximum atomic E-state index is 14.7. The van der Waals surface area contributed by atoms with Gasteiger partial charge in [-0.05, 0) is 35.9 Å². The number of rotatable bonds is 6. The Morgan fingerprint density at radius 2 is 1.94 bits per heavy atom. The molecule has 5 N–H and O–H groups in total. The van der Waals surface area contributed by atoms with Gasteiger partial charge in [0, 0.05) is 10.0 Å². The number of aromatic carboxylic acids is 1. The fourth-order valence-corrected chi connectivity index (χ4v) is 3.29. The van der Waals surface area contributed by atoms with Crippen molar-refractivity contribution in [3.63, 3.8) is 0 Å². The summed E-state index contributed by atoms with van der Waals surface area (Å²) < 4.78 is 28.7. The van der Waals surface area contributed by atoms with Crippen molar-refractivity contribution in [3.05, 3.63) is 75.5 Å². The Kier molecular flexibility index (Phi) is 6.56. The van der Waals surface area contributed by atoms with E-state index in [-0.39, 0.29) is 33.9 Å². The summed E-state index contributed by atoms with van der Waals surface area (Å²) in [4.78, 5) is 31.2. The Balaban J connectivity index is 1.88. The third-order valence-corrected chi connectivity index (χ3v) is 4.74. The van der Waals surface area contributed by atoms with E-state index in [2.05, 4.69) is 31.2 Å². The number of hydrogen-bond acceptors (Lipinski definition) is 6. The molecule has 0 fully saturated rings. The van der Waals surface area contributed by atoms with Crippen LogP contribution in [-0.2, 0) is 0 Å². The van der Waals surface area contributed by atoms with Crippen LogP contribution in [0.25, 0.3) is 11.3 Å². The van der Waals surface area contributed by atoms with Crippen molar-refractivity contribution in [1.29, 1.82) is 0 Å². The average Bonchev–Trinajstić information content (AvgIpc) is 2.71. The molecule has 31 heavy (non-hydrogen) atoms. The summed E-state index contributed by atoms with van der Waals surface area (Å²) in [6, 6.07) is 6.34. The fraction of sp³-hybridized carbons (Fsp3) is 0.100. The molecule has 8 nitrogen and oxygen atoms in total. The molecule has 3 rings (SSSR count). The number of halogens is 3. The molecular formula is C20H15BrF2N4O4. The predicted molar refractivity (Wildman–Crippen MR) is 110 cm³/mol. The number of carbonyl (C=O) groups excluding carboxylic acids is 1. The third kappa shape index (κ3) is 5.01. The summed E-state index contributed by atoms with van der Waals surface area (Å²) in [6.07, 6.45) is 0.971. The first-order valence-electron chi connectivity index (χ1n) is 8.73. The molecule has 1 unspecified atom stereocenters. The Hall–Kier alpha value is -3.44. The Labute approximate surface area is 182 Å². The zero-order chi connectivity index (χ0) is 22.7. The first-order chi connectivity index (χ1) is 14.7. The Morgan fingerprint density at radius 1 is 1.19 bits per heavy atom. The number of nitrogens with zero attached hydrogens (tertiary/aromatic N) is 2. The lowest BCUT2D eigenvalue weighted by Crippen LogP contribution is -2.31. The number of amides is 1. The number of anilines is 1. The quantitative estimate of drug-likeness (QED) is 0.414. The summed E-state index contributed by atoms with van der Waals surface area (Å²) >= 11 is 3.13. The van der Waals surface area contributed by atoms with Gasteiger partial charge >= 0.3 is 5.97 Å². The zero-order valence-corrected chi connectivity index (χ0v) is 17.2. The van der Waals surface area contributed by atoms with E-state index in [0.717, 1.165) is 24.4 Å². The van der Waals surface area contributed by atoms with Crippen LogP contribution < -0.4 is 11.1 Å². The third-order valence-electron chi connectivity index (χ3n) is 4.28. The second-order valence-corrected chi connectivity index (χ2v) is 7.32. The largest absolute Gasteiger partial charge is 0.476 e. The highest BCUT2D eigenvalue weighted by atomic mass is 79.9. The molecule has 11 heteroatoms. The van der Waals surface area contributed by atoms with Gasteiger partial charge in [0.1, 0.15) is 23.1 Å². The number of benzene rings is 2. The smallest absolute Gasteiger partial charge is 0.356 e. The number of carboxylic acid groups (broad SMARTS) is 1. The first-order valence-corrected chi connectivity index (χ1v) is 9.52. The minimum Gasteiger partial charge on any atom is -0.476 e. The summed E-state index contributed by atoms with van der Waals surface area (Å²) in [7, 11) is 0. The van der Waals surface area contributed by atoms with Crippen molar-refractivity contribution in [3.8, 4) is 11.3 Å². The summed E-state index contributed by atoms with van der Waals surface area (Å²) in [5.74, 6) is -3.80. The molecule has 0 aliphatic rings. The van der Waals surface area contributed by atoms with Crippen LogP contribution in [0, 0.1) is 11.6 Å². The van der Waals surface area contributed by atoms with Gasteiger partial charge in [-0.3, -0.25) is 4.79 Å². The van der Waals surface area contributed by atoms with Crippen LogP contribution in [0.3, 0.4) is 0 Å². The lowest BCUT2D eigenvalue weighted by Gasteiger charge is -2.18. The number of hydrogen-bond donors (Lipinski definition) is 4. The number of nitrogens with two attached hydrogens (primary N) is 1. The highest BCUT2D eigenvalue weighted by Gasteiger charge is 2.20. The van der Waals surface area contributed by atoms with Gasteiger partial charge in [0.15, 0.2) is 5.69 Å². The van der Waals surface area contributed by atoms with Crippen molar-refractivity contribution >= 4 is 33.6 Å². The van der Waals surface area contributed by atoms with E-state index in [1.54, 1.807) is 0 Å². The molecule has 0 saturated heterocycles. The maximum Gasteiger partial charge on any atom is 0.356 e. The van der Waals surface area contributed by atoms with E-state index in [1.165, 1.54) is 18.2 Å². The minimum atomic E-state index is -1.33. The predicted octanol–water partition coefficient (Wildman–Crippen LogP) is 2.93. The molecule has 1 aromatic heterocycles. The zero-order valence-electron chi connectivity index (χ0n) is 15.6. The molecule has 160 valence electrons. The second kappa shape index (κ2) is 9.14. The van der Waals surface area contributed by atoms with E-state index in [4.69, 9.17) is 10.8 Å². The molecule has 0 saturated carbocycles. The van der Waals surface area contributed by atoms with Gasteiger partial charge < -0.3 is 21.3 Å². The highest BCUT2D eigenvalue weighted by Crippen LogP contribution is 2.25. The van der Waals surface area contributed by atoms with E-state index in [9.17, 15) is 23.5 Å². The molecule has 2 aromatic carbocycles. The lowest BCUT2D eigenvalue weighted by molar-refractivity contribution is 0.0690. The van der Waals surface area contributed by atoms with Crippen LogP contribution in [0.15, 0.2) is 47.1 Å². The van der Waals surface area contributed by atoms with Gasteiger partial charge in [0.2, 0.25) is 0 Å². The molecule has 0 aliphatic carbocycles. The van der Waals surface area contributed by atoms with E-state index >= 15 is 0 Å². The maximum absolute atomic E-state index is 14.7. The first kappa shape index (κ1) is 22.2. The molecule has 3 aromatic rings. The Bertz CT molecular complexity index is 1160. The van der Waals surface area contributed by atoms with Crippen LogP contribution in [0.5, 0.6) is 0 Å². The molecule has 0 radical (unpaired) electrons. The number of carboxylic acids is 1. The molecule has 1 amide bonds. The lowest BCUT2D eigenvalue weighted by atomic mass is 10.0. The van der Waals surface area contributed by atoms with Crippen molar-refractivity contribution in [2.45, 2.75) is 6.04 Å². The number of nitrogens with one attached hydrogen (secondary N) is 1. The van der Waals surface area contributed by atoms with Crippen molar-refractivity contribution < 1.29 is 28.6 Å². The van der Waals surface area contributed by atoms with Crippen LogP contribution in [0.2, 0.25) is 0 Å². The van der Waals surface area contributed by atoms with Crippen LogP contribution in [-0.4, -0.2) is 38.7 Å². The molecule has 0 bridgehead atoms. The normalized spacial score (nSPS) is 11.7. The Morgan fingerprint density at radius 3 is 2.55 bits per heavy atom. The number of nitrogen functional groups attached to an aromatic ring is 1. The molecule has 1 atom stereocenters. The molecular weight excluding hydrogens is 478 g/mol. The number of carbonyl (C=O) groups is 2. The highest BCUT2D eigenvalue weighted by molar-refractivity contribution is 9.10. The standard InChI is InChI=1S/C20H15BrF2N4O4/c21-11-3-10(4-12(22)6-11)16(8-28)27-19(29)13-2-1-9(5-14(13)23)17-18(24)25-7-15(26-17)20(30)31/h1-7,16,28H,8H2,(H2,24,25)(H,27,29)(H,30,31). The van der Waals surface area contributed by atoms with Crippen molar-refractivity contribution in [1.82, 2.24) is 15.3 Å². The van der Waals surface area contributed by atoms with Crippen molar-refractivity contribution in [2.24, 2.45) is 0 Å². The average molecular weight is 493 g/mol. The number of aliphatic hydroxyl groups excluding tert-OH is 1. The van der Waals surface area contributed by atoms with Crippen LogP contribution in [0.1, 0.15) is 32.5 Å². The van der Waals surface area contributed by atoms with Gasteiger partial charge in [-0.25, -0.2) is 23.5 Å². The molecule has 1 heterocycles. The SMILES string of the molecule is Nc1ncc(C(=O)O)nc1-c1ccc(C(=O)NC(CO)c2cc(F)cc(Br)c2)c(F)c1. The summed E-state index contributed by atoms with van der Waals surface area (Å²) in [6.45, 7) is -0.546. The van der Waals surface area contributed by atoms with Gasteiger partial charge in [0.05, 0.1) is 24.4 Å². The topological polar surface area (TPSA) is 138 Å². The van der Waals surface area contributed by atoms with Gasteiger partial charge in [-0.2, -0.15) is 0 Å². The van der Waals surface area contributed by atoms with Gasteiger partial charge in [-0.15, -0.1) is 0 Å². The van der Waals surface area contributed by atoms with Crippen LogP contribution >= 0.6 is 15.9 Å². The summed E-state index contributed by atoms with van der Waals surface area (Å²) in [5.41, 5.74) is 5.34. The van der Waals surface area contributed by atoms with Crippen molar-refractivity contribution in [2.75, 3.05) is 12.3 Å². The van der Waals surface area contributed by atoms with Gasteiger partial charge in [0.25, 0.3) is 5.91 Å². The molecule has 0 aliphatic heterocycles. The minimum absolute atomic E-state index is 0.0522. The van der Waals surface area contributed by atoms with E-state index in [1.807, 2.05) is 0 Å². The fourth-order valence-electron chi connectivity index (χ4n) is 2.81. The molecule has 0 spiro atoms. The number of aliphatic hydroxyl groups is 1. The van der Waals surface area contributed by atoms with Crippen LogP contribution in [0.4, 0.5) is 14.6 Å². The van der Waals surface area contributed by atoms with E-state index < -0.39 is 36.2 Å². The number of aromatic nitrogens is 2. The van der Waals surface area contributed by atoms with Gasteiger partial charge in [-0.1, -0.05) is 22.0 Å². The van der Waals surface area contributed by atoms with E-state index in [0.29, 0.717) is 4.47 Å².